The number of nitrogens with one attached hydrogen (secondary N) is 2. The third kappa shape index (κ3) is 3.88. The van der Waals surface area contributed by atoms with E-state index in [-0.39, 0.29) is 24.3 Å². The van der Waals surface area contributed by atoms with Crippen LogP contribution >= 0.6 is 0 Å². The van der Waals surface area contributed by atoms with Crippen molar-refractivity contribution in [2.45, 2.75) is 6.04 Å². The van der Waals surface area contributed by atoms with Crippen LogP contribution in [-0.2, 0) is 9.59 Å². The summed E-state index contributed by atoms with van der Waals surface area (Å²) in [6, 6.07) is 13.2. The maximum atomic E-state index is 13.1. The highest BCUT2D eigenvalue weighted by Gasteiger charge is 2.34. The fourth-order valence-corrected chi connectivity index (χ4v) is 2.86. The number of carbonyl (C=O) groups excluding carboxylic acids is 3. The Morgan fingerprint density at radius 2 is 1.81 bits per heavy atom. The van der Waals surface area contributed by atoms with Crippen LogP contribution in [0.3, 0.4) is 0 Å². The molecule has 2 aromatic rings. The number of halogens is 1. The van der Waals surface area contributed by atoms with E-state index in [1.54, 1.807) is 30.3 Å². The molecule has 0 bridgehead atoms. The van der Waals surface area contributed by atoms with E-state index in [9.17, 15) is 18.8 Å². The zero-order chi connectivity index (χ0) is 18.5. The van der Waals surface area contributed by atoms with Crippen molar-refractivity contribution in [1.82, 2.24) is 15.5 Å². The number of benzene rings is 2. The van der Waals surface area contributed by atoms with Crippen molar-refractivity contribution in [3.8, 4) is 0 Å². The first kappa shape index (κ1) is 17.6. The van der Waals surface area contributed by atoms with Gasteiger partial charge in [0.15, 0.2) is 0 Å². The Hall–Kier alpha value is -3.22. The summed E-state index contributed by atoms with van der Waals surface area (Å²) in [5.41, 5.74) is 0.970. The zero-order valence-corrected chi connectivity index (χ0v) is 13.9. The van der Waals surface area contributed by atoms with Crippen LogP contribution in [0.2, 0.25) is 0 Å². The van der Waals surface area contributed by atoms with Crippen LogP contribution in [0.4, 0.5) is 4.39 Å². The molecule has 0 radical (unpaired) electrons. The molecule has 0 aliphatic carbocycles. The van der Waals surface area contributed by atoms with E-state index in [0.29, 0.717) is 24.2 Å². The van der Waals surface area contributed by atoms with Gasteiger partial charge in [0.05, 0.1) is 6.54 Å². The van der Waals surface area contributed by atoms with Crippen LogP contribution < -0.4 is 10.6 Å². The molecule has 0 spiro atoms. The predicted molar refractivity (Wildman–Crippen MR) is 92.6 cm³/mol. The van der Waals surface area contributed by atoms with Crippen molar-refractivity contribution < 1.29 is 18.8 Å². The normalized spacial score (nSPS) is 16.7. The maximum absolute atomic E-state index is 13.1. The molecule has 0 saturated carbocycles. The van der Waals surface area contributed by atoms with Gasteiger partial charge in [-0.25, -0.2) is 4.39 Å². The SMILES string of the molecule is O=C(NCC(=O)N1CCNC(=O)C1c1ccc(F)cc1)c1ccccc1. The van der Waals surface area contributed by atoms with E-state index in [1.807, 2.05) is 0 Å². The van der Waals surface area contributed by atoms with E-state index in [1.165, 1.54) is 29.2 Å². The minimum Gasteiger partial charge on any atom is -0.352 e. The highest BCUT2D eigenvalue weighted by molar-refractivity contribution is 5.97. The topological polar surface area (TPSA) is 78.5 Å². The average Bonchev–Trinajstić information content (AvgIpc) is 2.67. The van der Waals surface area contributed by atoms with Crippen molar-refractivity contribution in [3.05, 3.63) is 71.5 Å². The van der Waals surface area contributed by atoms with Crippen LogP contribution in [0.5, 0.6) is 0 Å². The first-order valence-corrected chi connectivity index (χ1v) is 8.22. The van der Waals surface area contributed by atoms with Gasteiger partial charge >= 0.3 is 0 Å². The summed E-state index contributed by atoms with van der Waals surface area (Å²) in [5, 5.41) is 5.28. The van der Waals surface area contributed by atoms with Gasteiger partial charge in [0.1, 0.15) is 11.9 Å². The molecule has 1 aliphatic heterocycles. The van der Waals surface area contributed by atoms with Gasteiger partial charge in [-0.1, -0.05) is 30.3 Å². The Morgan fingerprint density at radius 1 is 1.12 bits per heavy atom. The van der Waals surface area contributed by atoms with Gasteiger partial charge < -0.3 is 15.5 Å². The first-order valence-electron chi connectivity index (χ1n) is 8.22. The monoisotopic (exact) mass is 355 g/mol. The summed E-state index contributed by atoms with van der Waals surface area (Å²) in [7, 11) is 0. The standard InChI is InChI=1S/C19H18FN3O3/c20-15-8-6-13(7-9-15)17-19(26)21-10-11-23(17)16(24)12-22-18(25)14-4-2-1-3-5-14/h1-9,17H,10-12H2,(H,21,26)(H,22,25). The van der Waals surface area contributed by atoms with E-state index >= 15 is 0 Å². The second-order valence-corrected chi connectivity index (χ2v) is 5.88. The van der Waals surface area contributed by atoms with Gasteiger partial charge in [-0.15, -0.1) is 0 Å². The molecule has 26 heavy (non-hydrogen) atoms. The quantitative estimate of drug-likeness (QED) is 0.867. The second-order valence-electron chi connectivity index (χ2n) is 5.88. The van der Waals surface area contributed by atoms with Crippen molar-refractivity contribution in [2.75, 3.05) is 19.6 Å². The number of hydrogen-bond donors (Lipinski definition) is 2. The minimum absolute atomic E-state index is 0.224. The van der Waals surface area contributed by atoms with E-state index < -0.39 is 11.9 Å². The molecule has 2 N–H and O–H groups in total. The summed E-state index contributed by atoms with van der Waals surface area (Å²) < 4.78 is 13.1. The number of piperazine rings is 1. The van der Waals surface area contributed by atoms with Crippen LogP contribution in [0, 0.1) is 5.82 Å². The van der Waals surface area contributed by atoms with E-state index in [4.69, 9.17) is 0 Å². The number of hydrogen-bond acceptors (Lipinski definition) is 3. The Morgan fingerprint density at radius 3 is 2.50 bits per heavy atom. The molecule has 3 amide bonds. The van der Waals surface area contributed by atoms with Crippen LogP contribution in [0.25, 0.3) is 0 Å². The fraction of sp³-hybridized carbons (Fsp3) is 0.211. The van der Waals surface area contributed by atoms with Crippen LogP contribution in [0.1, 0.15) is 22.0 Å². The maximum Gasteiger partial charge on any atom is 0.251 e. The lowest BCUT2D eigenvalue weighted by Gasteiger charge is -2.35. The lowest BCUT2D eigenvalue weighted by molar-refractivity contribution is -0.142. The zero-order valence-electron chi connectivity index (χ0n) is 13.9. The molecule has 1 atom stereocenters. The van der Waals surface area contributed by atoms with Crippen molar-refractivity contribution in [1.29, 1.82) is 0 Å². The Kier molecular flexibility index (Phi) is 5.26. The fourth-order valence-electron chi connectivity index (χ4n) is 2.86. The largest absolute Gasteiger partial charge is 0.352 e. The van der Waals surface area contributed by atoms with Gasteiger partial charge in [0.25, 0.3) is 5.91 Å². The van der Waals surface area contributed by atoms with Crippen molar-refractivity contribution in [2.24, 2.45) is 0 Å². The molecule has 6 nitrogen and oxygen atoms in total. The van der Waals surface area contributed by atoms with Gasteiger partial charge in [-0.2, -0.15) is 0 Å². The molecule has 7 heteroatoms. The highest BCUT2D eigenvalue weighted by atomic mass is 19.1. The number of rotatable bonds is 4. The van der Waals surface area contributed by atoms with Crippen molar-refractivity contribution in [3.63, 3.8) is 0 Å². The van der Waals surface area contributed by atoms with Gasteiger partial charge in [-0.3, -0.25) is 14.4 Å². The molecule has 1 unspecified atom stereocenters. The summed E-state index contributed by atoms with van der Waals surface area (Å²) in [6.45, 7) is 0.418. The van der Waals surface area contributed by atoms with Gasteiger partial charge in [0, 0.05) is 18.7 Å². The molecule has 1 saturated heterocycles. The average molecular weight is 355 g/mol. The summed E-state index contributed by atoms with van der Waals surface area (Å²) >= 11 is 0. The number of carbonyl (C=O) groups is 3. The van der Waals surface area contributed by atoms with Crippen molar-refractivity contribution >= 4 is 17.7 Å². The first-order chi connectivity index (χ1) is 12.6. The lowest BCUT2D eigenvalue weighted by atomic mass is 10.0. The van der Waals surface area contributed by atoms with E-state index in [2.05, 4.69) is 10.6 Å². The predicted octanol–water partition coefficient (Wildman–Crippen LogP) is 1.26. The number of nitrogens with zero attached hydrogens (tertiary/aromatic N) is 1. The molecule has 1 heterocycles. The molecule has 134 valence electrons. The molecule has 3 rings (SSSR count). The third-order valence-corrected chi connectivity index (χ3v) is 4.15. The Balaban J connectivity index is 1.70. The molecule has 2 aromatic carbocycles. The summed E-state index contributed by atoms with van der Waals surface area (Å²) in [4.78, 5) is 38.3. The van der Waals surface area contributed by atoms with Gasteiger partial charge in [0.2, 0.25) is 11.8 Å². The molecular formula is C19H18FN3O3. The molecule has 1 aliphatic rings. The Labute approximate surface area is 150 Å². The van der Waals surface area contributed by atoms with Crippen LogP contribution in [0.15, 0.2) is 54.6 Å². The second kappa shape index (κ2) is 7.77. The molecule has 1 fully saturated rings. The lowest BCUT2D eigenvalue weighted by Crippen LogP contribution is -2.54. The minimum atomic E-state index is -0.842. The third-order valence-electron chi connectivity index (χ3n) is 4.15. The van der Waals surface area contributed by atoms with Crippen LogP contribution in [-0.4, -0.2) is 42.3 Å². The Bertz CT molecular complexity index is 809. The summed E-state index contributed by atoms with van der Waals surface area (Å²) in [5.74, 6) is -1.49. The molecule has 0 aromatic heterocycles. The molecular weight excluding hydrogens is 337 g/mol. The highest BCUT2D eigenvalue weighted by Crippen LogP contribution is 2.23. The number of amides is 3. The summed E-state index contributed by atoms with van der Waals surface area (Å²) in [6.07, 6.45) is 0. The van der Waals surface area contributed by atoms with Gasteiger partial charge in [-0.05, 0) is 29.8 Å². The van der Waals surface area contributed by atoms with E-state index in [0.717, 1.165) is 0 Å². The smallest absolute Gasteiger partial charge is 0.251 e.